The monoisotopic (exact) mass is 384 g/mol. The molecule has 3 heterocycles. The maximum absolute atomic E-state index is 6.19. The molecule has 5 heteroatoms. The molecule has 4 rings (SSSR count). The lowest BCUT2D eigenvalue weighted by Crippen LogP contribution is -2.31. The smallest absolute Gasteiger partial charge is 0.123 e. The number of aromatic nitrogens is 1. The van der Waals surface area contributed by atoms with Crippen molar-refractivity contribution in [1.82, 2.24) is 9.47 Å². The largest absolute Gasteiger partial charge is 0.497 e. The number of ether oxygens (including phenoxy) is 2. The molecule has 0 spiro atoms. The first-order chi connectivity index (χ1) is 13.0. The highest BCUT2D eigenvalue weighted by Crippen LogP contribution is 2.38. The topological polar surface area (TPSA) is 26.6 Å². The summed E-state index contributed by atoms with van der Waals surface area (Å²) in [6.45, 7) is 12.0. The third kappa shape index (κ3) is 3.86. The number of hydrogen-bond donors (Lipinski definition) is 0. The van der Waals surface area contributed by atoms with Gasteiger partial charge >= 0.3 is 0 Å². The van der Waals surface area contributed by atoms with Gasteiger partial charge in [-0.2, -0.15) is 0 Å². The highest BCUT2D eigenvalue weighted by molar-refractivity contribution is 6.76. The molecule has 0 radical (unpaired) electrons. The molecule has 0 N–H and O–H groups in total. The summed E-state index contributed by atoms with van der Waals surface area (Å²) in [5, 5.41) is 1.33. The zero-order valence-corrected chi connectivity index (χ0v) is 18.1. The lowest BCUT2D eigenvalue weighted by atomic mass is 9.98. The highest BCUT2D eigenvalue weighted by atomic mass is 28.3. The normalized spacial score (nSPS) is 21.9. The third-order valence-corrected chi connectivity index (χ3v) is 7.56. The van der Waals surface area contributed by atoms with E-state index in [0.29, 0.717) is 12.6 Å². The molecule has 2 unspecified atom stereocenters. The van der Waals surface area contributed by atoms with Crippen molar-refractivity contribution in [2.45, 2.75) is 44.8 Å². The van der Waals surface area contributed by atoms with Crippen LogP contribution in [0, 0.1) is 0 Å². The maximum atomic E-state index is 6.19. The van der Waals surface area contributed by atoms with Crippen LogP contribution in [0.15, 0.2) is 30.4 Å². The quantitative estimate of drug-likeness (QED) is 0.417. The highest BCUT2D eigenvalue weighted by Gasteiger charge is 2.29. The van der Waals surface area contributed by atoms with Gasteiger partial charge in [-0.1, -0.05) is 31.8 Å². The van der Waals surface area contributed by atoms with Crippen molar-refractivity contribution >= 4 is 19.0 Å². The van der Waals surface area contributed by atoms with Gasteiger partial charge in [0.2, 0.25) is 0 Å². The summed E-state index contributed by atoms with van der Waals surface area (Å²) in [6, 6.07) is 7.69. The van der Waals surface area contributed by atoms with E-state index in [-0.39, 0.29) is 0 Å². The van der Waals surface area contributed by atoms with E-state index in [1.807, 2.05) is 0 Å². The number of hydrogen-bond acceptors (Lipinski definition) is 3. The fourth-order valence-corrected chi connectivity index (χ4v) is 5.08. The van der Waals surface area contributed by atoms with E-state index in [1.165, 1.54) is 28.2 Å². The second kappa shape index (κ2) is 7.45. The first-order valence-corrected chi connectivity index (χ1v) is 13.8. The fraction of sp³-hybridized carbons (Fsp3) is 0.545. The zero-order valence-electron chi connectivity index (χ0n) is 17.1. The molecule has 1 aromatic carbocycles. The minimum Gasteiger partial charge on any atom is -0.497 e. The van der Waals surface area contributed by atoms with Crippen LogP contribution in [0.25, 0.3) is 10.9 Å². The van der Waals surface area contributed by atoms with Crippen molar-refractivity contribution in [3.63, 3.8) is 0 Å². The minimum atomic E-state index is -1.07. The Hall–Kier alpha value is -1.56. The predicted molar refractivity (Wildman–Crippen MR) is 115 cm³/mol. The summed E-state index contributed by atoms with van der Waals surface area (Å²) in [7, 11) is 0.677. The van der Waals surface area contributed by atoms with E-state index in [9.17, 15) is 0 Å². The second-order valence-electron chi connectivity index (χ2n) is 9.07. The van der Waals surface area contributed by atoms with E-state index >= 15 is 0 Å². The Kier molecular flexibility index (Phi) is 5.19. The first kappa shape index (κ1) is 18.8. The van der Waals surface area contributed by atoms with E-state index < -0.39 is 8.07 Å². The molecular weight excluding hydrogens is 352 g/mol. The van der Waals surface area contributed by atoms with Gasteiger partial charge in [0.15, 0.2) is 0 Å². The average Bonchev–Trinajstić information content (AvgIpc) is 2.88. The fourth-order valence-electron chi connectivity index (χ4n) is 4.33. The molecule has 0 aliphatic carbocycles. The SMILES string of the molecule is COc1ccc2c(c1)c1c(n2COCC[Si](C)(C)C)C2C=CCN(CC1)C2. The van der Waals surface area contributed by atoms with Gasteiger partial charge in [-0.25, -0.2) is 0 Å². The van der Waals surface area contributed by atoms with Crippen LogP contribution in [0.5, 0.6) is 5.75 Å². The zero-order chi connectivity index (χ0) is 19.0. The van der Waals surface area contributed by atoms with Gasteiger partial charge in [-0.3, -0.25) is 4.90 Å². The van der Waals surface area contributed by atoms with Crippen LogP contribution >= 0.6 is 0 Å². The molecule has 1 aromatic heterocycles. The van der Waals surface area contributed by atoms with Crippen molar-refractivity contribution in [1.29, 1.82) is 0 Å². The molecule has 2 aliphatic heterocycles. The van der Waals surface area contributed by atoms with E-state index in [2.05, 4.69) is 59.5 Å². The number of nitrogens with zero attached hydrogens (tertiary/aromatic N) is 2. The van der Waals surface area contributed by atoms with Gasteiger partial charge in [0.1, 0.15) is 12.5 Å². The van der Waals surface area contributed by atoms with Crippen LogP contribution < -0.4 is 4.74 Å². The Morgan fingerprint density at radius 3 is 2.85 bits per heavy atom. The molecule has 0 saturated carbocycles. The van der Waals surface area contributed by atoms with Crippen molar-refractivity contribution in [3.8, 4) is 5.75 Å². The number of benzene rings is 1. The molecule has 4 nitrogen and oxygen atoms in total. The van der Waals surface area contributed by atoms with Crippen molar-refractivity contribution in [3.05, 3.63) is 41.6 Å². The van der Waals surface area contributed by atoms with Crippen LogP contribution in [0.2, 0.25) is 25.7 Å². The maximum Gasteiger partial charge on any atom is 0.123 e. The van der Waals surface area contributed by atoms with Crippen LogP contribution in [-0.4, -0.2) is 50.9 Å². The van der Waals surface area contributed by atoms with Gasteiger partial charge in [-0.15, -0.1) is 0 Å². The summed E-state index contributed by atoms with van der Waals surface area (Å²) in [6.07, 6.45) is 5.83. The van der Waals surface area contributed by atoms with E-state index in [4.69, 9.17) is 9.47 Å². The summed E-state index contributed by atoms with van der Waals surface area (Å²) in [4.78, 5) is 2.56. The van der Waals surface area contributed by atoms with Crippen LogP contribution in [-0.2, 0) is 17.9 Å². The van der Waals surface area contributed by atoms with Gasteiger partial charge in [0.05, 0.1) is 12.6 Å². The molecule has 2 atom stereocenters. The van der Waals surface area contributed by atoms with Gasteiger partial charge in [0, 0.05) is 51.3 Å². The lowest BCUT2D eigenvalue weighted by molar-refractivity contribution is 0.0877. The Balaban J connectivity index is 1.72. The molecule has 2 aliphatic rings. The van der Waals surface area contributed by atoms with Crippen molar-refractivity contribution in [2.75, 3.05) is 33.4 Å². The van der Waals surface area contributed by atoms with E-state index in [0.717, 1.165) is 38.4 Å². The van der Waals surface area contributed by atoms with Crippen LogP contribution in [0.3, 0.4) is 0 Å². The van der Waals surface area contributed by atoms with Gasteiger partial charge in [0.25, 0.3) is 0 Å². The molecule has 2 bridgehead atoms. The summed E-state index contributed by atoms with van der Waals surface area (Å²) >= 11 is 0. The molecular formula is C22H32N2O2Si. The number of fused-ring (bicyclic) bond motifs is 6. The van der Waals surface area contributed by atoms with Gasteiger partial charge < -0.3 is 14.0 Å². The van der Waals surface area contributed by atoms with Gasteiger partial charge in [-0.05, 0) is 36.2 Å². The Labute approximate surface area is 163 Å². The van der Waals surface area contributed by atoms with Crippen LogP contribution in [0.1, 0.15) is 17.2 Å². The molecule has 2 aromatic rings. The summed E-state index contributed by atoms with van der Waals surface area (Å²) in [5.41, 5.74) is 4.21. The lowest BCUT2D eigenvalue weighted by Gasteiger charge is -2.27. The summed E-state index contributed by atoms with van der Waals surface area (Å²) in [5.74, 6) is 1.39. The Bertz CT molecular complexity index is 850. The van der Waals surface area contributed by atoms with Crippen molar-refractivity contribution in [2.24, 2.45) is 0 Å². The number of rotatable bonds is 6. The first-order valence-electron chi connectivity index (χ1n) is 10.1. The molecule has 0 amide bonds. The van der Waals surface area contributed by atoms with Crippen LogP contribution in [0.4, 0.5) is 0 Å². The van der Waals surface area contributed by atoms with E-state index in [1.54, 1.807) is 7.11 Å². The summed E-state index contributed by atoms with van der Waals surface area (Å²) < 4.78 is 14.1. The molecule has 146 valence electrons. The number of methoxy groups -OCH3 is 1. The molecule has 27 heavy (non-hydrogen) atoms. The predicted octanol–water partition coefficient (Wildman–Crippen LogP) is 4.47. The van der Waals surface area contributed by atoms with Crippen molar-refractivity contribution < 1.29 is 9.47 Å². The molecule has 0 saturated heterocycles. The standard InChI is InChI=1S/C22H32N2O2Si/c1-25-18-7-8-21-20(14-18)19-9-11-23-10-5-6-17(15-23)22(19)24(21)16-26-12-13-27(2,3)4/h5-8,14,17H,9-13,15-16H2,1-4H3. The Morgan fingerprint density at radius 1 is 1.22 bits per heavy atom. The Morgan fingerprint density at radius 2 is 2.07 bits per heavy atom. The average molecular weight is 385 g/mol. The molecule has 0 fully saturated rings. The second-order valence-corrected chi connectivity index (χ2v) is 14.7. The third-order valence-electron chi connectivity index (χ3n) is 5.85. The minimum absolute atomic E-state index is 0.454.